The predicted octanol–water partition coefficient (Wildman–Crippen LogP) is 2.97. The number of hydrogen-bond donors (Lipinski definition) is 1. The Kier molecular flexibility index (Phi) is 3.56. The molecule has 2 heterocycles. The largest absolute Gasteiger partial charge is 0.494 e. The van der Waals surface area contributed by atoms with Gasteiger partial charge in [-0.2, -0.15) is 0 Å². The highest BCUT2D eigenvalue weighted by molar-refractivity contribution is 5.40. The number of nitrogens with zero attached hydrogens (tertiary/aromatic N) is 1. The first-order chi connectivity index (χ1) is 9.40. The van der Waals surface area contributed by atoms with E-state index < -0.39 is 0 Å². The summed E-state index contributed by atoms with van der Waals surface area (Å²) in [5.74, 6) is 0.983. The van der Waals surface area contributed by atoms with Crippen molar-refractivity contribution in [2.24, 2.45) is 0 Å². The minimum absolute atomic E-state index is 0.222. The Morgan fingerprint density at radius 2 is 2.16 bits per heavy atom. The SMILES string of the molecule is CCOc1ccccc1C1NCCCn2cccc21. The fraction of sp³-hybridized carbons (Fsp3) is 0.375. The molecule has 0 fully saturated rings. The van der Waals surface area contributed by atoms with Crippen molar-refractivity contribution >= 4 is 0 Å². The van der Waals surface area contributed by atoms with Gasteiger partial charge in [0.25, 0.3) is 0 Å². The molecular formula is C16H20N2O. The molecule has 1 aromatic carbocycles. The first-order valence-corrected chi connectivity index (χ1v) is 7.00. The molecule has 0 aliphatic carbocycles. The van der Waals surface area contributed by atoms with Crippen molar-refractivity contribution in [3.05, 3.63) is 53.9 Å². The van der Waals surface area contributed by atoms with Crippen molar-refractivity contribution in [2.75, 3.05) is 13.2 Å². The maximum atomic E-state index is 5.77. The Labute approximate surface area is 114 Å². The van der Waals surface area contributed by atoms with Crippen LogP contribution in [0.15, 0.2) is 42.6 Å². The number of aryl methyl sites for hydroxylation is 1. The fourth-order valence-corrected chi connectivity index (χ4v) is 2.77. The first-order valence-electron chi connectivity index (χ1n) is 7.00. The van der Waals surface area contributed by atoms with Crippen LogP contribution in [0, 0.1) is 0 Å². The van der Waals surface area contributed by atoms with Crippen LogP contribution in [0.2, 0.25) is 0 Å². The Morgan fingerprint density at radius 1 is 1.26 bits per heavy atom. The van der Waals surface area contributed by atoms with E-state index in [-0.39, 0.29) is 6.04 Å². The molecular weight excluding hydrogens is 236 g/mol. The highest BCUT2D eigenvalue weighted by atomic mass is 16.5. The molecule has 1 aliphatic heterocycles. The summed E-state index contributed by atoms with van der Waals surface area (Å²) in [7, 11) is 0. The lowest BCUT2D eigenvalue weighted by Gasteiger charge is -2.20. The van der Waals surface area contributed by atoms with Gasteiger partial charge in [-0.1, -0.05) is 18.2 Å². The van der Waals surface area contributed by atoms with Crippen molar-refractivity contribution in [3.8, 4) is 5.75 Å². The Bertz CT molecular complexity index is 547. The van der Waals surface area contributed by atoms with E-state index in [0.717, 1.165) is 25.3 Å². The number of ether oxygens (including phenoxy) is 1. The van der Waals surface area contributed by atoms with Gasteiger partial charge in [0.15, 0.2) is 0 Å². The Hall–Kier alpha value is -1.74. The number of nitrogens with one attached hydrogen (secondary N) is 1. The predicted molar refractivity (Wildman–Crippen MR) is 76.5 cm³/mol. The molecule has 0 amide bonds. The van der Waals surface area contributed by atoms with Crippen molar-refractivity contribution in [3.63, 3.8) is 0 Å². The second kappa shape index (κ2) is 5.49. The molecule has 1 aliphatic rings. The van der Waals surface area contributed by atoms with Crippen LogP contribution in [0.4, 0.5) is 0 Å². The first kappa shape index (κ1) is 12.3. The van der Waals surface area contributed by atoms with Crippen LogP contribution in [0.1, 0.15) is 30.6 Å². The zero-order valence-corrected chi connectivity index (χ0v) is 11.3. The van der Waals surface area contributed by atoms with E-state index in [1.165, 1.54) is 11.3 Å². The molecule has 3 heteroatoms. The number of fused-ring (bicyclic) bond motifs is 1. The average Bonchev–Trinajstić information content (AvgIpc) is 2.80. The topological polar surface area (TPSA) is 26.2 Å². The van der Waals surface area contributed by atoms with E-state index in [4.69, 9.17) is 4.74 Å². The van der Waals surface area contributed by atoms with Gasteiger partial charge in [-0.25, -0.2) is 0 Å². The third-order valence-electron chi connectivity index (χ3n) is 3.61. The molecule has 1 N–H and O–H groups in total. The molecule has 2 aromatic rings. The van der Waals surface area contributed by atoms with E-state index in [1.54, 1.807) is 0 Å². The number of hydrogen-bond acceptors (Lipinski definition) is 2. The van der Waals surface area contributed by atoms with Crippen molar-refractivity contribution < 1.29 is 4.74 Å². The molecule has 100 valence electrons. The zero-order chi connectivity index (χ0) is 13.1. The standard InChI is InChI=1S/C16H20N2O/c1-2-19-15-9-4-3-7-13(15)16-14-8-5-11-18(14)12-6-10-17-16/h3-5,7-9,11,16-17H,2,6,10,12H2,1H3. The van der Waals surface area contributed by atoms with Crippen LogP contribution in [0.5, 0.6) is 5.75 Å². The summed E-state index contributed by atoms with van der Waals surface area (Å²) in [5.41, 5.74) is 2.55. The van der Waals surface area contributed by atoms with Crippen molar-refractivity contribution in [1.82, 2.24) is 9.88 Å². The van der Waals surface area contributed by atoms with Crippen LogP contribution in [0.25, 0.3) is 0 Å². The molecule has 1 atom stereocenters. The molecule has 3 rings (SSSR count). The highest BCUT2D eigenvalue weighted by Crippen LogP contribution is 2.31. The molecule has 0 saturated heterocycles. The average molecular weight is 256 g/mol. The minimum Gasteiger partial charge on any atom is -0.494 e. The lowest BCUT2D eigenvalue weighted by Crippen LogP contribution is -2.23. The molecule has 0 radical (unpaired) electrons. The Morgan fingerprint density at radius 3 is 3.05 bits per heavy atom. The number of para-hydroxylation sites is 1. The molecule has 0 saturated carbocycles. The summed E-state index contributed by atoms with van der Waals surface area (Å²) < 4.78 is 8.11. The molecule has 0 spiro atoms. The molecule has 1 unspecified atom stereocenters. The van der Waals surface area contributed by atoms with Gasteiger partial charge in [-0.3, -0.25) is 0 Å². The van der Waals surface area contributed by atoms with Gasteiger partial charge in [0.2, 0.25) is 0 Å². The second-order valence-corrected chi connectivity index (χ2v) is 4.84. The quantitative estimate of drug-likeness (QED) is 0.913. The van der Waals surface area contributed by atoms with Gasteiger partial charge < -0.3 is 14.6 Å². The number of benzene rings is 1. The van der Waals surface area contributed by atoms with Crippen LogP contribution >= 0.6 is 0 Å². The molecule has 3 nitrogen and oxygen atoms in total. The normalized spacial score (nSPS) is 18.7. The summed E-state index contributed by atoms with van der Waals surface area (Å²) in [6.07, 6.45) is 3.33. The maximum Gasteiger partial charge on any atom is 0.124 e. The summed E-state index contributed by atoms with van der Waals surface area (Å²) in [5, 5.41) is 3.64. The van der Waals surface area contributed by atoms with E-state index in [9.17, 15) is 0 Å². The number of aromatic nitrogens is 1. The van der Waals surface area contributed by atoms with Gasteiger partial charge in [0, 0.05) is 24.0 Å². The summed E-state index contributed by atoms with van der Waals surface area (Å²) in [6, 6.07) is 12.9. The van der Waals surface area contributed by atoms with E-state index in [1.807, 2.05) is 13.0 Å². The van der Waals surface area contributed by atoms with Crippen LogP contribution in [-0.2, 0) is 6.54 Å². The zero-order valence-electron chi connectivity index (χ0n) is 11.3. The Balaban J connectivity index is 2.02. The number of rotatable bonds is 3. The van der Waals surface area contributed by atoms with Gasteiger partial charge in [-0.05, 0) is 38.1 Å². The van der Waals surface area contributed by atoms with Crippen LogP contribution in [-0.4, -0.2) is 17.7 Å². The van der Waals surface area contributed by atoms with Crippen LogP contribution in [0.3, 0.4) is 0 Å². The third-order valence-corrected chi connectivity index (χ3v) is 3.61. The maximum absolute atomic E-state index is 5.77. The fourth-order valence-electron chi connectivity index (χ4n) is 2.77. The van der Waals surface area contributed by atoms with Gasteiger partial charge in [-0.15, -0.1) is 0 Å². The van der Waals surface area contributed by atoms with Crippen molar-refractivity contribution in [1.29, 1.82) is 0 Å². The lowest BCUT2D eigenvalue weighted by molar-refractivity contribution is 0.333. The molecule has 1 aromatic heterocycles. The summed E-state index contributed by atoms with van der Waals surface area (Å²) in [6.45, 7) is 4.85. The smallest absolute Gasteiger partial charge is 0.124 e. The summed E-state index contributed by atoms with van der Waals surface area (Å²) in [4.78, 5) is 0. The molecule has 19 heavy (non-hydrogen) atoms. The van der Waals surface area contributed by atoms with Crippen LogP contribution < -0.4 is 10.1 Å². The second-order valence-electron chi connectivity index (χ2n) is 4.84. The van der Waals surface area contributed by atoms with Gasteiger partial charge in [0.05, 0.1) is 12.6 Å². The third kappa shape index (κ3) is 2.38. The van der Waals surface area contributed by atoms with E-state index >= 15 is 0 Å². The van der Waals surface area contributed by atoms with Gasteiger partial charge >= 0.3 is 0 Å². The lowest BCUT2D eigenvalue weighted by atomic mass is 10.0. The molecule has 0 bridgehead atoms. The van der Waals surface area contributed by atoms with Crippen molar-refractivity contribution in [2.45, 2.75) is 25.9 Å². The summed E-state index contributed by atoms with van der Waals surface area (Å²) >= 11 is 0. The van der Waals surface area contributed by atoms with E-state index in [2.05, 4.69) is 46.4 Å². The monoisotopic (exact) mass is 256 g/mol. The van der Waals surface area contributed by atoms with E-state index in [0.29, 0.717) is 6.61 Å². The van der Waals surface area contributed by atoms with Gasteiger partial charge in [0.1, 0.15) is 5.75 Å². The minimum atomic E-state index is 0.222. The highest BCUT2D eigenvalue weighted by Gasteiger charge is 2.22.